The van der Waals surface area contributed by atoms with Crippen molar-refractivity contribution in [1.29, 1.82) is 0 Å². The minimum Gasteiger partial charge on any atom is -0.322 e. The van der Waals surface area contributed by atoms with Crippen LogP contribution in [0.3, 0.4) is 0 Å². The molecule has 0 amide bonds. The van der Waals surface area contributed by atoms with E-state index in [1.54, 1.807) is 4.68 Å². The molecule has 5 aromatic rings. The van der Waals surface area contributed by atoms with Crippen LogP contribution < -0.4 is 5.56 Å². The highest BCUT2D eigenvalue weighted by Gasteiger charge is 2.34. The number of H-pyrrole nitrogens is 1. The quantitative estimate of drug-likeness (QED) is 0.280. The van der Waals surface area contributed by atoms with Crippen molar-refractivity contribution in [2.24, 2.45) is 0 Å². The second kappa shape index (κ2) is 10.5. The van der Waals surface area contributed by atoms with E-state index >= 15 is 0 Å². The summed E-state index contributed by atoms with van der Waals surface area (Å²) in [6.07, 6.45) is 0. The zero-order valence-corrected chi connectivity index (χ0v) is 22.8. The van der Waals surface area contributed by atoms with Crippen molar-refractivity contribution in [3.8, 4) is 0 Å². The highest BCUT2D eigenvalue weighted by atomic mass is 35.5. The molecule has 8 heteroatoms. The highest BCUT2D eigenvalue weighted by molar-refractivity contribution is 6.31. The first kappa shape index (κ1) is 25.8. The molecule has 0 saturated heterocycles. The summed E-state index contributed by atoms with van der Waals surface area (Å²) in [5.74, 6) is 0.595. The summed E-state index contributed by atoms with van der Waals surface area (Å²) < 4.78 is 1.81. The predicted octanol–water partition coefficient (Wildman–Crippen LogP) is 6.02. The van der Waals surface area contributed by atoms with E-state index in [1.165, 1.54) is 0 Å². The number of aryl methyl sites for hydroxylation is 1. The van der Waals surface area contributed by atoms with Crippen molar-refractivity contribution in [2.75, 3.05) is 0 Å². The van der Waals surface area contributed by atoms with Gasteiger partial charge in [0.25, 0.3) is 5.56 Å². The van der Waals surface area contributed by atoms with E-state index in [4.69, 9.17) is 11.6 Å². The average molecular weight is 527 g/mol. The van der Waals surface area contributed by atoms with Gasteiger partial charge < -0.3 is 4.98 Å². The highest BCUT2D eigenvalue weighted by Crippen LogP contribution is 2.33. The molecule has 2 aromatic heterocycles. The molecular formula is C30H31ClN6O. The Morgan fingerprint density at radius 1 is 0.974 bits per heavy atom. The fraction of sp³-hybridized carbons (Fsp3) is 0.267. The molecular weight excluding hydrogens is 496 g/mol. The molecule has 0 aliphatic carbocycles. The number of benzene rings is 3. The first-order chi connectivity index (χ1) is 18.2. The SMILES string of the molecule is Cc1ccc2cc([C@H](c3nnnn3C(C)(C)C)N(Cc3ccccc3)Cc3ccccc3Cl)c(=O)[nH]c2c1. The monoisotopic (exact) mass is 526 g/mol. The maximum Gasteiger partial charge on any atom is 0.253 e. The third-order valence-corrected chi connectivity index (χ3v) is 6.99. The van der Waals surface area contributed by atoms with Gasteiger partial charge in [-0.15, -0.1) is 5.10 Å². The summed E-state index contributed by atoms with van der Waals surface area (Å²) in [6, 6.07) is 25.5. The van der Waals surface area contributed by atoms with E-state index in [9.17, 15) is 4.79 Å². The van der Waals surface area contributed by atoms with Gasteiger partial charge in [0.1, 0.15) is 6.04 Å². The number of aromatic nitrogens is 5. The van der Waals surface area contributed by atoms with E-state index in [2.05, 4.69) is 37.5 Å². The molecule has 0 saturated carbocycles. The first-order valence-corrected chi connectivity index (χ1v) is 13.0. The van der Waals surface area contributed by atoms with Crippen LogP contribution in [0, 0.1) is 6.92 Å². The molecule has 0 radical (unpaired) electrons. The van der Waals surface area contributed by atoms with Crippen molar-refractivity contribution < 1.29 is 0 Å². The van der Waals surface area contributed by atoms with Gasteiger partial charge in [-0.25, -0.2) is 4.68 Å². The van der Waals surface area contributed by atoms with E-state index in [-0.39, 0.29) is 5.56 Å². The first-order valence-electron chi connectivity index (χ1n) is 12.6. The fourth-order valence-electron chi connectivity index (χ4n) is 4.78. The Hall–Kier alpha value is -3.81. The second-order valence-electron chi connectivity index (χ2n) is 10.6. The molecule has 0 unspecified atom stereocenters. The molecule has 1 atom stereocenters. The van der Waals surface area contributed by atoms with Crippen LogP contribution >= 0.6 is 11.6 Å². The lowest BCUT2D eigenvalue weighted by atomic mass is 9.99. The zero-order valence-electron chi connectivity index (χ0n) is 22.0. The van der Waals surface area contributed by atoms with E-state index in [1.807, 2.05) is 94.4 Å². The Morgan fingerprint density at radius 3 is 2.45 bits per heavy atom. The Morgan fingerprint density at radius 2 is 1.71 bits per heavy atom. The average Bonchev–Trinajstić information content (AvgIpc) is 3.37. The number of nitrogens with zero attached hydrogens (tertiary/aromatic N) is 5. The van der Waals surface area contributed by atoms with E-state index < -0.39 is 11.6 Å². The maximum absolute atomic E-state index is 13.7. The van der Waals surface area contributed by atoms with Crippen molar-refractivity contribution in [3.05, 3.63) is 122 Å². The molecule has 0 spiro atoms. The molecule has 38 heavy (non-hydrogen) atoms. The summed E-state index contributed by atoms with van der Waals surface area (Å²) in [7, 11) is 0. The largest absolute Gasteiger partial charge is 0.322 e. The molecule has 7 nitrogen and oxygen atoms in total. The Bertz CT molecular complexity index is 1620. The number of fused-ring (bicyclic) bond motifs is 1. The van der Waals surface area contributed by atoms with Crippen LogP contribution in [0.15, 0.2) is 83.7 Å². The predicted molar refractivity (Wildman–Crippen MR) is 151 cm³/mol. The van der Waals surface area contributed by atoms with Gasteiger partial charge in [-0.2, -0.15) is 0 Å². The second-order valence-corrected chi connectivity index (χ2v) is 11.1. The van der Waals surface area contributed by atoms with Crippen molar-refractivity contribution >= 4 is 22.5 Å². The molecule has 3 aromatic carbocycles. The number of hydrogen-bond acceptors (Lipinski definition) is 5. The number of pyridine rings is 1. The molecule has 5 rings (SSSR count). The molecule has 1 N–H and O–H groups in total. The van der Waals surface area contributed by atoms with Gasteiger partial charge in [0.15, 0.2) is 5.82 Å². The van der Waals surface area contributed by atoms with Crippen LogP contribution in [-0.2, 0) is 18.6 Å². The van der Waals surface area contributed by atoms with E-state index in [0.29, 0.717) is 29.5 Å². The van der Waals surface area contributed by atoms with Gasteiger partial charge in [-0.05, 0) is 78.4 Å². The minimum absolute atomic E-state index is 0.172. The fourth-order valence-corrected chi connectivity index (χ4v) is 4.97. The number of nitrogens with one attached hydrogen (secondary N) is 1. The summed E-state index contributed by atoms with van der Waals surface area (Å²) in [5.41, 5.74) is 3.94. The zero-order chi connectivity index (χ0) is 26.9. The van der Waals surface area contributed by atoms with Gasteiger partial charge in [0.2, 0.25) is 0 Å². The van der Waals surface area contributed by atoms with Gasteiger partial charge in [0, 0.05) is 29.2 Å². The smallest absolute Gasteiger partial charge is 0.253 e. The van der Waals surface area contributed by atoms with Crippen LogP contribution in [0.25, 0.3) is 10.9 Å². The topological polar surface area (TPSA) is 79.7 Å². The molecule has 0 bridgehead atoms. The molecule has 0 aliphatic heterocycles. The maximum atomic E-state index is 13.7. The standard InChI is InChI=1S/C30H31ClN6O/c1-20-14-15-22-17-24(29(38)32-26(22)16-20)27(28-33-34-35-37(28)30(2,3)4)36(18-21-10-6-5-7-11-21)19-23-12-8-9-13-25(23)31/h5-17,27H,18-19H2,1-4H3,(H,32,38)/t27-/m1/s1. The molecule has 0 fully saturated rings. The Balaban J connectivity index is 1.74. The molecule has 0 aliphatic rings. The number of aromatic amines is 1. The molecule has 2 heterocycles. The van der Waals surface area contributed by atoms with Gasteiger partial charge in [-0.1, -0.05) is 72.3 Å². The lowest BCUT2D eigenvalue weighted by molar-refractivity contribution is 0.184. The third-order valence-electron chi connectivity index (χ3n) is 6.62. The van der Waals surface area contributed by atoms with Crippen molar-refractivity contribution in [1.82, 2.24) is 30.1 Å². The third kappa shape index (κ3) is 5.39. The summed E-state index contributed by atoms with van der Waals surface area (Å²) >= 11 is 6.63. The van der Waals surface area contributed by atoms with Gasteiger partial charge >= 0.3 is 0 Å². The van der Waals surface area contributed by atoms with Crippen LogP contribution in [0.1, 0.15) is 54.9 Å². The summed E-state index contributed by atoms with van der Waals surface area (Å²) in [4.78, 5) is 19.1. The Kier molecular flexibility index (Phi) is 7.15. The van der Waals surface area contributed by atoms with E-state index in [0.717, 1.165) is 27.6 Å². The van der Waals surface area contributed by atoms with Crippen LogP contribution in [0.5, 0.6) is 0 Å². The van der Waals surface area contributed by atoms with Crippen LogP contribution in [0.2, 0.25) is 5.02 Å². The number of hydrogen-bond donors (Lipinski definition) is 1. The molecule has 194 valence electrons. The normalized spacial score (nSPS) is 12.8. The summed E-state index contributed by atoms with van der Waals surface area (Å²) in [6.45, 7) is 9.20. The van der Waals surface area contributed by atoms with Gasteiger partial charge in [-0.3, -0.25) is 9.69 Å². The lowest BCUT2D eigenvalue weighted by Gasteiger charge is -2.33. The number of rotatable bonds is 7. The number of tetrazole rings is 1. The van der Waals surface area contributed by atoms with Crippen molar-refractivity contribution in [2.45, 2.75) is 52.4 Å². The van der Waals surface area contributed by atoms with Gasteiger partial charge in [0.05, 0.1) is 5.54 Å². The van der Waals surface area contributed by atoms with Crippen molar-refractivity contribution in [3.63, 3.8) is 0 Å². The Labute approximate surface area is 227 Å². The number of halogens is 1. The van der Waals surface area contributed by atoms with Crippen LogP contribution in [-0.4, -0.2) is 30.1 Å². The lowest BCUT2D eigenvalue weighted by Crippen LogP contribution is -2.37. The summed E-state index contributed by atoms with van der Waals surface area (Å²) in [5, 5.41) is 14.5. The minimum atomic E-state index is -0.546. The van der Waals surface area contributed by atoms with Crippen LogP contribution in [0.4, 0.5) is 0 Å².